The Bertz CT molecular complexity index is 248. The van der Waals surface area contributed by atoms with Gasteiger partial charge in [0, 0.05) is 17.3 Å². The highest BCUT2D eigenvalue weighted by molar-refractivity contribution is 5.86. The van der Waals surface area contributed by atoms with Crippen LogP contribution >= 0.6 is 0 Å². The third-order valence-electron chi connectivity index (χ3n) is 3.01. The van der Waals surface area contributed by atoms with E-state index in [-0.39, 0.29) is 23.0 Å². The highest BCUT2D eigenvalue weighted by Gasteiger charge is 2.36. The monoisotopic (exact) mass is 196 g/mol. The maximum Gasteiger partial charge on any atom is 0.141 e. The first-order valence-corrected chi connectivity index (χ1v) is 5.24. The molecule has 1 aliphatic carbocycles. The lowest BCUT2D eigenvalue weighted by Crippen LogP contribution is -2.26. The maximum absolute atomic E-state index is 11.9. The van der Waals surface area contributed by atoms with E-state index in [4.69, 9.17) is 0 Å². The molecule has 0 saturated heterocycles. The number of hydrogen-bond donors (Lipinski definition) is 1. The van der Waals surface area contributed by atoms with Crippen molar-refractivity contribution in [1.82, 2.24) is 0 Å². The van der Waals surface area contributed by atoms with Crippen LogP contribution in [0.1, 0.15) is 40.0 Å². The van der Waals surface area contributed by atoms with Gasteiger partial charge in [-0.2, -0.15) is 0 Å². The van der Waals surface area contributed by atoms with Crippen molar-refractivity contribution in [1.29, 1.82) is 0 Å². The van der Waals surface area contributed by atoms with Crippen LogP contribution in [0, 0.1) is 17.3 Å². The fraction of sp³-hybridized carbons (Fsp3) is 0.750. The van der Waals surface area contributed by atoms with Gasteiger partial charge in [0.2, 0.25) is 0 Å². The molecule has 1 aliphatic rings. The Balaban J connectivity index is 2.59. The number of rotatable bonds is 2. The first-order valence-electron chi connectivity index (χ1n) is 5.24. The molecule has 1 N–H and O–H groups in total. The molecule has 0 aromatic carbocycles. The van der Waals surface area contributed by atoms with Gasteiger partial charge in [-0.3, -0.25) is 4.79 Å². The van der Waals surface area contributed by atoms with Gasteiger partial charge in [0.1, 0.15) is 5.78 Å². The number of aliphatic hydroxyl groups is 1. The zero-order chi connectivity index (χ0) is 10.9. The average Bonchev–Trinajstić information content (AvgIpc) is 2.48. The van der Waals surface area contributed by atoms with Crippen LogP contribution in [0.2, 0.25) is 0 Å². The molecule has 14 heavy (non-hydrogen) atoms. The number of carbonyl (C=O) groups excluding carboxylic acids is 1. The number of Topliss-reactive ketones (excluding diaryl/α,β-unsaturated/α-hetero) is 1. The summed E-state index contributed by atoms with van der Waals surface area (Å²) in [5.74, 6) is 0.839. The van der Waals surface area contributed by atoms with Gasteiger partial charge in [-0.15, -0.1) is 0 Å². The number of ketones is 1. The fourth-order valence-corrected chi connectivity index (χ4v) is 2.13. The molecular formula is C12H20O2. The van der Waals surface area contributed by atoms with Crippen LogP contribution in [0.5, 0.6) is 0 Å². The van der Waals surface area contributed by atoms with Crippen molar-refractivity contribution >= 4 is 5.78 Å². The lowest BCUT2D eigenvalue weighted by molar-refractivity contribution is -0.130. The summed E-state index contributed by atoms with van der Waals surface area (Å²) in [7, 11) is 0. The zero-order valence-electron chi connectivity index (χ0n) is 9.34. The van der Waals surface area contributed by atoms with E-state index < -0.39 is 0 Å². The molecular weight excluding hydrogens is 176 g/mol. The normalized spacial score (nSPS) is 27.6. The second kappa shape index (κ2) is 3.76. The fourth-order valence-electron chi connectivity index (χ4n) is 2.13. The van der Waals surface area contributed by atoms with E-state index in [1.807, 2.05) is 20.8 Å². The van der Waals surface area contributed by atoms with E-state index in [2.05, 4.69) is 6.58 Å². The molecule has 2 heteroatoms. The summed E-state index contributed by atoms with van der Waals surface area (Å²) < 4.78 is 0. The summed E-state index contributed by atoms with van der Waals surface area (Å²) in [6.07, 6.45) is 2.59. The van der Waals surface area contributed by atoms with E-state index in [0.717, 1.165) is 19.3 Å². The summed E-state index contributed by atoms with van der Waals surface area (Å²) >= 11 is 0. The van der Waals surface area contributed by atoms with Crippen molar-refractivity contribution in [2.75, 3.05) is 0 Å². The van der Waals surface area contributed by atoms with E-state index in [0.29, 0.717) is 5.78 Å². The number of allylic oxidation sites excluding steroid dienone is 1. The Morgan fingerprint density at radius 3 is 2.14 bits per heavy atom. The smallest absolute Gasteiger partial charge is 0.141 e. The van der Waals surface area contributed by atoms with Crippen LogP contribution in [0.15, 0.2) is 12.3 Å². The van der Waals surface area contributed by atoms with Crippen molar-refractivity contribution in [2.24, 2.45) is 17.3 Å². The molecule has 0 aliphatic heterocycles. The predicted molar refractivity (Wildman–Crippen MR) is 57.1 cm³/mol. The molecule has 0 bridgehead atoms. The SMILES string of the molecule is C=C(O)C1CCC(C(=O)C(C)(C)C)C1. The van der Waals surface area contributed by atoms with E-state index in [1.54, 1.807) is 0 Å². The van der Waals surface area contributed by atoms with Gasteiger partial charge < -0.3 is 5.11 Å². The first-order chi connectivity index (χ1) is 6.32. The Morgan fingerprint density at radius 1 is 1.29 bits per heavy atom. The molecule has 0 spiro atoms. The third kappa shape index (κ3) is 2.37. The largest absolute Gasteiger partial charge is 0.513 e. The van der Waals surface area contributed by atoms with Crippen LogP contribution in [0.4, 0.5) is 0 Å². The Hall–Kier alpha value is -0.790. The average molecular weight is 196 g/mol. The highest BCUT2D eigenvalue weighted by atomic mass is 16.3. The van der Waals surface area contributed by atoms with E-state index in [9.17, 15) is 9.90 Å². The number of aliphatic hydroxyl groups excluding tert-OH is 1. The molecule has 2 unspecified atom stereocenters. The molecule has 80 valence electrons. The second-order valence-electron chi connectivity index (χ2n) is 5.31. The predicted octanol–water partition coefficient (Wildman–Crippen LogP) is 3.09. The van der Waals surface area contributed by atoms with Crippen LogP contribution < -0.4 is 0 Å². The van der Waals surface area contributed by atoms with Crippen molar-refractivity contribution in [3.05, 3.63) is 12.3 Å². The first kappa shape index (κ1) is 11.3. The number of hydrogen-bond acceptors (Lipinski definition) is 2. The van der Waals surface area contributed by atoms with E-state index >= 15 is 0 Å². The van der Waals surface area contributed by atoms with Crippen molar-refractivity contribution < 1.29 is 9.90 Å². The van der Waals surface area contributed by atoms with Gasteiger partial charge in [-0.1, -0.05) is 27.4 Å². The lowest BCUT2D eigenvalue weighted by Gasteiger charge is -2.21. The molecule has 2 atom stereocenters. The molecule has 1 saturated carbocycles. The highest BCUT2D eigenvalue weighted by Crippen LogP contribution is 2.38. The topological polar surface area (TPSA) is 37.3 Å². The summed E-state index contributed by atoms with van der Waals surface area (Å²) in [5, 5.41) is 9.25. The minimum absolute atomic E-state index is 0.129. The quantitative estimate of drug-likeness (QED) is 0.689. The molecule has 1 rings (SSSR count). The Labute approximate surface area is 86.0 Å². The minimum Gasteiger partial charge on any atom is -0.513 e. The molecule has 0 aromatic rings. The van der Waals surface area contributed by atoms with Gasteiger partial charge in [-0.05, 0) is 19.3 Å². The lowest BCUT2D eigenvalue weighted by atomic mass is 9.82. The van der Waals surface area contributed by atoms with Crippen LogP contribution in [0.3, 0.4) is 0 Å². The molecule has 1 fully saturated rings. The van der Waals surface area contributed by atoms with Gasteiger partial charge in [0.25, 0.3) is 0 Å². The summed E-state index contributed by atoms with van der Waals surface area (Å²) in [5.41, 5.74) is -0.254. The zero-order valence-corrected chi connectivity index (χ0v) is 9.34. The summed E-state index contributed by atoms with van der Waals surface area (Å²) in [6.45, 7) is 9.40. The van der Waals surface area contributed by atoms with Crippen LogP contribution in [0.25, 0.3) is 0 Å². The summed E-state index contributed by atoms with van der Waals surface area (Å²) in [4.78, 5) is 11.9. The van der Waals surface area contributed by atoms with E-state index in [1.165, 1.54) is 0 Å². The maximum atomic E-state index is 11.9. The second-order valence-corrected chi connectivity index (χ2v) is 5.31. The van der Waals surface area contributed by atoms with Gasteiger partial charge in [0.05, 0.1) is 5.76 Å². The van der Waals surface area contributed by atoms with Crippen LogP contribution in [-0.2, 0) is 4.79 Å². The Morgan fingerprint density at radius 2 is 1.79 bits per heavy atom. The van der Waals surface area contributed by atoms with Gasteiger partial charge in [0.15, 0.2) is 0 Å². The Kier molecular flexibility index (Phi) is 3.03. The molecule has 0 heterocycles. The molecule has 2 nitrogen and oxygen atoms in total. The van der Waals surface area contributed by atoms with Crippen molar-refractivity contribution in [3.8, 4) is 0 Å². The third-order valence-corrected chi connectivity index (χ3v) is 3.01. The van der Waals surface area contributed by atoms with Crippen molar-refractivity contribution in [2.45, 2.75) is 40.0 Å². The summed E-state index contributed by atoms with van der Waals surface area (Å²) in [6, 6.07) is 0. The van der Waals surface area contributed by atoms with Gasteiger partial charge >= 0.3 is 0 Å². The minimum atomic E-state index is -0.254. The molecule has 0 amide bonds. The van der Waals surface area contributed by atoms with Crippen LogP contribution in [-0.4, -0.2) is 10.9 Å². The number of carbonyl (C=O) groups is 1. The van der Waals surface area contributed by atoms with Crippen molar-refractivity contribution in [3.63, 3.8) is 0 Å². The molecule has 0 radical (unpaired) electrons. The van der Waals surface area contributed by atoms with Gasteiger partial charge in [-0.25, -0.2) is 0 Å². The molecule has 0 aromatic heterocycles. The standard InChI is InChI=1S/C12H20O2/c1-8(13)9-5-6-10(7-9)11(14)12(2,3)4/h9-10,13H,1,5-7H2,2-4H3.